The van der Waals surface area contributed by atoms with Gasteiger partial charge in [-0.15, -0.1) is 0 Å². The molecular weight excluding hydrogens is 348 g/mol. The molecule has 0 heterocycles. The maximum absolute atomic E-state index is 12.6. The van der Waals surface area contributed by atoms with Crippen LogP contribution in [0.15, 0.2) is 48.5 Å². The van der Waals surface area contributed by atoms with Crippen molar-refractivity contribution in [3.63, 3.8) is 0 Å². The first kappa shape index (κ1) is 18.4. The van der Waals surface area contributed by atoms with Crippen LogP contribution < -0.4 is 10.6 Å². The van der Waals surface area contributed by atoms with Gasteiger partial charge in [0, 0.05) is 36.0 Å². The molecule has 27 heavy (non-hydrogen) atoms. The Morgan fingerprint density at radius 1 is 1.15 bits per heavy atom. The summed E-state index contributed by atoms with van der Waals surface area (Å²) in [6.07, 6.45) is 2.01. The highest BCUT2D eigenvalue weighted by atomic mass is 16.6. The van der Waals surface area contributed by atoms with Crippen molar-refractivity contribution >= 4 is 23.3 Å². The van der Waals surface area contributed by atoms with Crippen molar-refractivity contribution in [2.45, 2.75) is 25.4 Å². The number of nitro groups is 1. The summed E-state index contributed by atoms with van der Waals surface area (Å²) >= 11 is 0. The molecule has 0 bridgehead atoms. The zero-order valence-electron chi connectivity index (χ0n) is 14.8. The third-order valence-electron chi connectivity index (χ3n) is 4.24. The SMILES string of the molecule is CN(Cc1ccccc1[N+](=O)[O-])C(=O)c1ccc(NC(=O)NC2CC2)cc1. The van der Waals surface area contributed by atoms with E-state index in [9.17, 15) is 19.7 Å². The number of amides is 3. The Morgan fingerprint density at radius 3 is 2.44 bits per heavy atom. The van der Waals surface area contributed by atoms with Crippen LogP contribution in [-0.2, 0) is 6.54 Å². The van der Waals surface area contributed by atoms with Crippen LogP contribution in [0.5, 0.6) is 0 Å². The lowest BCUT2D eigenvalue weighted by atomic mass is 10.1. The van der Waals surface area contributed by atoms with Gasteiger partial charge < -0.3 is 15.5 Å². The highest BCUT2D eigenvalue weighted by Crippen LogP contribution is 2.21. The fourth-order valence-corrected chi connectivity index (χ4v) is 2.65. The summed E-state index contributed by atoms with van der Waals surface area (Å²) < 4.78 is 0. The largest absolute Gasteiger partial charge is 0.337 e. The van der Waals surface area contributed by atoms with Crippen LogP contribution in [-0.4, -0.2) is 34.9 Å². The quantitative estimate of drug-likeness (QED) is 0.603. The molecule has 0 atom stereocenters. The van der Waals surface area contributed by atoms with E-state index in [1.165, 1.54) is 11.0 Å². The Balaban J connectivity index is 1.63. The predicted molar refractivity (Wildman–Crippen MR) is 101 cm³/mol. The van der Waals surface area contributed by atoms with E-state index < -0.39 is 4.92 Å². The molecule has 0 radical (unpaired) electrons. The summed E-state index contributed by atoms with van der Waals surface area (Å²) in [5, 5.41) is 16.6. The first-order chi connectivity index (χ1) is 12.9. The Bertz CT molecular complexity index is 862. The minimum absolute atomic E-state index is 0.0154. The first-order valence-corrected chi connectivity index (χ1v) is 8.59. The average Bonchev–Trinajstić information content (AvgIpc) is 3.45. The number of nitrogens with one attached hydrogen (secondary N) is 2. The number of benzene rings is 2. The van der Waals surface area contributed by atoms with Crippen LogP contribution in [0.25, 0.3) is 0 Å². The topological polar surface area (TPSA) is 105 Å². The number of para-hydroxylation sites is 1. The van der Waals surface area contributed by atoms with Crippen molar-refractivity contribution in [3.05, 3.63) is 69.8 Å². The minimum Gasteiger partial charge on any atom is -0.337 e. The monoisotopic (exact) mass is 368 g/mol. The maximum Gasteiger partial charge on any atom is 0.319 e. The van der Waals surface area contributed by atoms with Gasteiger partial charge in [0.15, 0.2) is 0 Å². The number of hydrogen-bond acceptors (Lipinski definition) is 4. The van der Waals surface area contributed by atoms with Gasteiger partial charge in [-0.3, -0.25) is 14.9 Å². The summed E-state index contributed by atoms with van der Waals surface area (Å²) in [5.74, 6) is -0.262. The van der Waals surface area contributed by atoms with Gasteiger partial charge in [0.1, 0.15) is 0 Å². The second kappa shape index (κ2) is 7.86. The van der Waals surface area contributed by atoms with Crippen LogP contribution in [0.1, 0.15) is 28.8 Å². The Hall–Kier alpha value is -3.42. The molecule has 0 spiro atoms. The molecule has 0 aromatic heterocycles. The summed E-state index contributed by atoms with van der Waals surface area (Å²) in [5.41, 5.74) is 1.47. The second-order valence-electron chi connectivity index (χ2n) is 6.50. The van der Waals surface area contributed by atoms with E-state index in [0.29, 0.717) is 16.8 Å². The Kier molecular flexibility index (Phi) is 5.35. The standard InChI is InChI=1S/C19H20N4O4/c1-22(12-14-4-2-3-5-17(14)23(26)27)18(24)13-6-8-15(9-7-13)20-19(25)21-16-10-11-16/h2-9,16H,10-12H2,1H3,(H2,20,21,25). The molecule has 0 aliphatic heterocycles. The molecule has 2 aromatic carbocycles. The molecule has 8 nitrogen and oxygen atoms in total. The van der Waals surface area contributed by atoms with Gasteiger partial charge in [0.2, 0.25) is 0 Å². The van der Waals surface area contributed by atoms with Gasteiger partial charge in [-0.1, -0.05) is 18.2 Å². The molecule has 2 N–H and O–H groups in total. The van der Waals surface area contributed by atoms with E-state index in [4.69, 9.17) is 0 Å². The number of urea groups is 1. The van der Waals surface area contributed by atoms with E-state index in [2.05, 4.69) is 10.6 Å². The highest BCUT2D eigenvalue weighted by molar-refractivity contribution is 5.95. The molecule has 3 rings (SSSR count). The normalized spacial score (nSPS) is 12.9. The second-order valence-corrected chi connectivity index (χ2v) is 6.50. The fraction of sp³-hybridized carbons (Fsp3) is 0.263. The smallest absolute Gasteiger partial charge is 0.319 e. The molecule has 0 saturated heterocycles. The molecule has 1 aliphatic rings. The number of nitrogens with zero attached hydrogens (tertiary/aromatic N) is 2. The zero-order valence-corrected chi connectivity index (χ0v) is 14.8. The Morgan fingerprint density at radius 2 is 1.81 bits per heavy atom. The number of carbonyl (C=O) groups excluding carboxylic acids is 2. The Labute approximate surface area is 156 Å². The van der Waals surface area contributed by atoms with E-state index in [1.54, 1.807) is 49.5 Å². The minimum atomic E-state index is -0.458. The average molecular weight is 368 g/mol. The predicted octanol–water partition coefficient (Wildman–Crippen LogP) is 3.15. The molecule has 140 valence electrons. The first-order valence-electron chi connectivity index (χ1n) is 8.59. The van der Waals surface area contributed by atoms with Crippen LogP contribution >= 0.6 is 0 Å². The summed E-state index contributed by atoms with van der Waals surface area (Å²) in [6.45, 7) is 0.125. The highest BCUT2D eigenvalue weighted by Gasteiger charge is 2.23. The number of rotatable bonds is 6. The van der Waals surface area contributed by atoms with Crippen LogP contribution in [0.3, 0.4) is 0 Å². The van der Waals surface area contributed by atoms with E-state index in [0.717, 1.165) is 12.8 Å². The third-order valence-corrected chi connectivity index (χ3v) is 4.24. The van der Waals surface area contributed by atoms with Crippen molar-refractivity contribution in [1.29, 1.82) is 0 Å². The molecular formula is C19H20N4O4. The number of nitro benzene ring substituents is 1. The van der Waals surface area contributed by atoms with Crippen molar-refractivity contribution in [2.75, 3.05) is 12.4 Å². The van der Waals surface area contributed by atoms with Crippen molar-refractivity contribution in [3.8, 4) is 0 Å². The molecule has 0 unspecified atom stereocenters. The molecule has 2 aromatic rings. The summed E-state index contributed by atoms with van der Waals surface area (Å²) in [7, 11) is 1.59. The molecule has 1 aliphatic carbocycles. The van der Waals surface area contributed by atoms with E-state index in [-0.39, 0.29) is 30.2 Å². The van der Waals surface area contributed by atoms with E-state index >= 15 is 0 Å². The van der Waals surface area contributed by atoms with Gasteiger partial charge in [0.05, 0.1) is 11.5 Å². The van der Waals surface area contributed by atoms with Crippen molar-refractivity contribution in [1.82, 2.24) is 10.2 Å². The molecule has 8 heteroatoms. The lowest BCUT2D eigenvalue weighted by Gasteiger charge is -2.17. The summed E-state index contributed by atoms with van der Waals surface area (Å²) in [6, 6.07) is 12.9. The number of anilines is 1. The fourth-order valence-electron chi connectivity index (χ4n) is 2.65. The van der Waals surface area contributed by atoms with Gasteiger partial charge in [-0.25, -0.2) is 4.79 Å². The van der Waals surface area contributed by atoms with Crippen molar-refractivity contribution < 1.29 is 14.5 Å². The number of hydrogen-bond donors (Lipinski definition) is 2. The van der Waals surface area contributed by atoms with Crippen LogP contribution in [0.4, 0.5) is 16.2 Å². The van der Waals surface area contributed by atoms with E-state index in [1.807, 2.05) is 0 Å². The van der Waals surface area contributed by atoms with Gasteiger partial charge in [0.25, 0.3) is 11.6 Å². The van der Waals surface area contributed by atoms with Gasteiger partial charge in [-0.05, 0) is 37.1 Å². The zero-order chi connectivity index (χ0) is 19.4. The number of carbonyl (C=O) groups is 2. The van der Waals surface area contributed by atoms with Gasteiger partial charge in [-0.2, -0.15) is 0 Å². The molecule has 3 amide bonds. The van der Waals surface area contributed by atoms with Crippen LogP contribution in [0, 0.1) is 10.1 Å². The lowest BCUT2D eigenvalue weighted by Crippen LogP contribution is -2.30. The molecule has 1 fully saturated rings. The summed E-state index contributed by atoms with van der Waals surface area (Å²) in [4.78, 5) is 36.4. The van der Waals surface area contributed by atoms with Crippen LogP contribution in [0.2, 0.25) is 0 Å². The van der Waals surface area contributed by atoms with Crippen molar-refractivity contribution in [2.24, 2.45) is 0 Å². The molecule has 1 saturated carbocycles. The van der Waals surface area contributed by atoms with Gasteiger partial charge >= 0.3 is 6.03 Å². The lowest BCUT2D eigenvalue weighted by molar-refractivity contribution is -0.385. The third kappa shape index (κ3) is 4.81. The maximum atomic E-state index is 12.6.